The SMILES string of the molecule is CC1=C(N(/N=C(\C)C=O)c2ccc(S(C)(=O)=O)cc2)c2cc(NC(=O)c3cc(N(C)C)ccc3Cl)ccc2CC1. The van der Waals surface area contributed by atoms with Gasteiger partial charge in [-0.25, -0.2) is 13.4 Å². The van der Waals surface area contributed by atoms with Crippen LogP contribution in [-0.2, 0) is 21.1 Å². The first kappa shape index (κ1) is 29.0. The molecule has 0 bridgehead atoms. The highest BCUT2D eigenvalue weighted by atomic mass is 35.5. The van der Waals surface area contributed by atoms with Crippen LogP contribution in [0.15, 0.2) is 76.2 Å². The minimum Gasteiger partial charge on any atom is -0.378 e. The maximum absolute atomic E-state index is 13.2. The summed E-state index contributed by atoms with van der Waals surface area (Å²) in [6.45, 7) is 3.60. The molecule has 4 rings (SSSR count). The number of sulfone groups is 1. The van der Waals surface area contributed by atoms with Gasteiger partial charge in [0.15, 0.2) is 16.1 Å². The summed E-state index contributed by atoms with van der Waals surface area (Å²) in [5.74, 6) is -0.338. The normalized spacial score (nSPS) is 13.5. The monoisotopic (exact) mass is 578 g/mol. The number of carbonyl (C=O) groups excluding carboxylic acids is 2. The number of halogens is 1. The van der Waals surface area contributed by atoms with Crippen LogP contribution in [0.5, 0.6) is 0 Å². The van der Waals surface area contributed by atoms with Crippen LogP contribution in [0.3, 0.4) is 0 Å². The molecular weight excluding hydrogens is 548 g/mol. The number of fused-ring (bicyclic) bond motifs is 1. The van der Waals surface area contributed by atoms with E-state index >= 15 is 0 Å². The molecule has 0 aliphatic heterocycles. The molecule has 10 heteroatoms. The number of hydrazone groups is 1. The molecule has 0 saturated heterocycles. The highest BCUT2D eigenvalue weighted by molar-refractivity contribution is 7.90. The lowest BCUT2D eigenvalue weighted by Gasteiger charge is -2.30. The van der Waals surface area contributed by atoms with Gasteiger partial charge in [-0.3, -0.25) is 9.59 Å². The summed E-state index contributed by atoms with van der Waals surface area (Å²) < 4.78 is 24.0. The summed E-state index contributed by atoms with van der Waals surface area (Å²) in [7, 11) is 0.395. The Balaban J connectivity index is 1.77. The maximum Gasteiger partial charge on any atom is 0.257 e. The van der Waals surface area contributed by atoms with E-state index in [4.69, 9.17) is 11.6 Å². The van der Waals surface area contributed by atoms with Crippen molar-refractivity contribution in [3.8, 4) is 0 Å². The van der Waals surface area contributed by atoms with Crippen molar-refractivity contribution in [3.63, 3.8) is 0 Å². The molecule has 0 aromatic heterocycles. The third-order valence-electron chi connectivity index (χ3n) is 6.66. The van der Waals surface area contributed by atoms with Gasteiger partial charge in [-0.2, -0.15) is 5.10 Å². The van der Waals surface area contributed by atoms with E-state index in [2.05, 4.69) is 10.4 Å². The van der Waals surface area contributed by atoms with Crippen molar-refractivity contribution in [1.29, 1.82) is 0 Å². The van der Waals surface area contributed by atoms with Gasteiger partial charge in [0.25, 0.3) is 5.91 Å². The second-order valence-electron chi connectivity index (χ2n) is 9.95. The molecule has 0 unspecified atom stereocenters. The first-order chi connectivity index (χ1) is 18.9. The lowest BCUT2D eigenvalue weighted by atomic mass is 9.89. The molecule has 0 atom stereocenters. The molecule has 8 nitrogen and oxygen atoms in total. The molecule has 1 N–H and O–H groups in total. The van der Waals surface area contributed by atoms with E-state index in [-0.39, 0.29) is 16.5 Å². The number of nitrogens with zero attached hydrogens (tertiary/aromatic N) is 3. The van der Waals surface area contributed by atoms with E-state index < -0.39 is 9.84 Å². The van der Waals surface area contributed by atoms with Crippen LogP contribution in [0, 0.1) is 0 Å². The third-order valence-corrected chi connectivity index (χ3v) is 8.12. The standard InChI is InChI=1S/C30H31ClN4O4S/c1-19-6-7-21-8-9-22(32-30(37)27-17-24(34(3)4)12-15-28(27)31)16-26(21)29(19)35(33-20(2)18-36)23-10-13-25(14-11-23)40(5,38)39/h8-18H,6-7H2,1-5H3,(H,32,37)/b33-20+. The number of nitrogens with one attached hydrogen (secondary N) is 1. The van der Waals surface area contributed by atoms with Crippen LogP contribution in [0.1, 0.15) is 41.8 Å². The molecule has 3 aromatic rings. The van der Waals surface area contributed by atoms with E-state index in [0.29, 0.717) is 28.2 Å². The molecule has 0 radical (unpaired) electrons. The minimum absolute atomic E-state index is 0.184. The van der Waals surface area contributed by atoms with E-state index in [1.807, 2.05) is 50.2 Å². The number of hydrogen-bond acceptors (Lipinski definition) is 7. The van der Waals surface area contributed by atoms with Crippen molar-refractivity contribution in [2.75, 3.05) is 35.6 Å². The van der Waals surface area contributed by atoms with E-state index in [9.17, 15) is 18.0 Å². The first-order valence-electron chi connectivity index (χ1n) is 12.6. The van der Waals surface area contributed by atoms with Gasteiger partial charge >= 0.3 is 0 Å². The Labute approximate surface area is 239 Å². The molecule has 1 aliphatic rings. The number of amides is 1. The molecule has 0 fully saturated rings. The summed E-state index contributed by atoms with van der Waals surface area (Å²) in [6.07, 6.45) is 3.39. The Morgan fingerprint density at radius 2 is 1.68 bits per heavy atom. The number of rotatable bonds is 8. The van der Waals surface area contributed by atoms with Crippen molar-refractivity contribution < 1.29 is 18.0 Å². The number of allylic oxidation sites excluding steroid dienone is 1. The minimum atomic E-state index is -3.38. The van der Waals surface area contributed by atoms with Gasteiger partial charge in [-0.05, 0) is 92.4 Å². The molecule has 40 heavy (non-hydrogen) atoms. The van der Waals surface area contributed by atoms with Crippen LogP contribution >= 0.6 is 11.6 Å². The average molecular weight is 579 g/mol. The number of aryl methyl sites for hydroxylation is 1. The summed E-state index contributed by atoms with van der Waals surface area (Å²) in [6, 6.07) is 17.4. The van der Waals surface area contributed by atoms with Crippen LogP contribution in [-0.4, -0.2) is 46.7 Å². The van der Waals surface area contributed by atoms with Crippen molar-refractivity contribution >= 4 is 62.1 Å². The average Bonchev–Trinajstić information content (AvgIpc) is 2.91. The van der Waals surface area contributed by atoms with E-state index in [1.54, 1.807) is 36.2 Å². The highest BCUT2D eigenvalue weighted by Gasteiger charge is 2.25. The Morgan fingerprint density at radius 3 is 2.30 bits per heavy atom. The Bertz CT molecular complexity index is 1640. The lowest BCUT2D eigenvalue weighted by molar-refractivity contribution is -0.102. The fourth-order valence-corrected chi connectivity index (χ4v) is 5.31. The number of hydrogen-bond donors (Lipinski definition) is 1. The molecule has 1 amide bonds. The van der Waals surface area contributed by atoms with Gasteiger partial charge in [0.2, 0.25) is 0 Å². The van der Waals surface area contributed by atoms with Crippen molar-refractivity contribution in [3.05, 3.63) is 87.9 Å². The smallest absolute Gasteiger partial charge is 0.257 e. The second kappa shape index (κ2) is 11.7. The second-order valence-corrected chi connectivity index (χ2v) is 12.4. The fourth-order valence-electron chi connectivity index (χ4n) is 4.47. The highest BCUT2D eigenvalue weighted by Crippen LogP contribution is 2.38. The van der Waals surface area contributed by atoms with Crippen LogP contribution in [0.2, 0.25) is 5.02 Å². The Hall–Kier alpha value is -3.95. The van der Waals surface area contributed by atoms with Crippen molar-refractivity contribution in [2.24, 2.45) is 5.10 Å². The van der Waals surface area contributed by atoms with Gasteiger partial charge in [0.05, 0.1) is 32.6 Å². The summed E-state index contributed by atoms with van der Waals surface area (Å²) in [5.41, 5.74) is 6.33. The van der Waals surface area contributed by atoms with Gasteiger partial charge in [-0.1, -0.05) is 17.7 Å². The van der Waals surface area contributed by atoms with Gasteiger partial charge in [0.1, 0.15) is 0 Å². The van der Waals surface area contributed by atoms with Crippen LogP contribution in [0.4, 0.5) is 17.1 Å². The predicted molar refractivity (Wildman–Crippen MR) is 162 cm³/mol. The molecule has 0 spiro atoms. The number of benzene rings is 3. The summed E-state index contributed by atoms with van der Waals surface area (Å²) >= 11 is 6.36. The van der Waals surface area contributed by atoms with Crippen molar-refractivity contribution in [1.82, 2.24) is 0 Å². The Kier molecular flexibility index (Phi) is 8.46. The van der Waals surface area contributed by atoms with Gasteiger partial charge in [-0.15, -0.1) is 0 Å². The number of carbonyl (C=O) groups is 2. The van der Waals surface area contributed by atoms with E-state index in [0.717, 1.165) is 47.2 Å². The zero-order valence-corrected chi connectivity index (χ0v) is 24.6. The Morgan fingerprint density at radius 1 is 1.00 bits per heavy atom. The predicted octanol–water partition coefficient (Wildman–Crippen LogP) is 5.82. The molecular formula is C30H31ClN4O4S. The largest absolute Gasteiger partial charge is 0.378 e. The zero-order valence-electron chi connectivity index (χ0n) is 23.0. The molecule has 3 aromatic carbocycles. The number of anilines is 3. The molecule has 0 heterocycles. The fraction of sp³-hybridized carbons (Fsp3) is 0.233. The number of aldehydes is 1. The molecule has 0 saturated carbocycles. The summed E-state index contributed by atoms with van der Waals surface area (Å²) in [4.78, 5) is 26.9. The topological polar surface area (TPSA) is 99.1 Å². The van der Waals surface area contributed by atoms with Gasteiger partial charge in [0, 0.05) is 37.3 Å². The maximum atomic E-state index is 13.2. The van der Waals surface area contributed by atoms with Crippen LogP contribution in [0.25, 0.3) is 5.70 Å². The van der Waals surface area contributed by atoms with Crippen molar-refractivity contribution in [2.45, 2.75) is 31.6 Å². The zero-order chi connectivity index (χ0) is 29.2. The quantitative estimate of drug-likeness (QED) is 0.205. The first-order valence-corrected chi connectivity index (χ1v) is 14.9. The molecule has 208 valence electrons. The molecule has 1 aliphatic carbocycles. The van der Waals surface area contributed by atoms with E-state index in [1.165, 1.54) is 12.1 Å². The summed E-state index contributed by atoms with van der Waals surface area (Å²) in [5, 5.41) is 9.54. The van der Waals surface area contributed by atoms with Crippen LogP contribution < -0.4 is 15.2 Å². The lowest BCUT2D eigenvalue weighted by Crippen LogP contribution is -2.22. The van der Waals surface area contributed by atoms with Gasteiger partial charge < -0.3 is 10.2 Å². The third kappa shape index (κ3) is 6.26.